The molecule has 3 N–H and O–H groups in total. The van der Waals surface area contributed by atoms with Gasteiger partial charge in [-0.3, -0.25) is 9.59 Å². The first-order chi connectivity index (χ1) is 12.5. The zero-order chi connectivity index (χ0) is 18.5. The van der Waals surface area contributed by atoms with Gasteiger partial charge in [-0.1, -0.05) is 65.6 Å². The summed E-state index contributed by atoms with van der Waals surface area (Å²) in [6.45, 7) is 1.49. The number of hydrogen-bond donors (Lipinski definition) is 2. The summed E-state index contributed by atoms with van der Waals surface area (Å²) in [5.41, 5.74) is 7.59. The molecule has 3 rings (SSSR count). The Bertz CT molecular complexity index is 928. The van der Waals surface area contributed by atoms with Gasteiger partial charge in [-0.15, -0.1) is 10.2 Å². The highest BCUT2D eigenvalue weighted by atomic mass is 32.2. The number of carbonyl (C=O) groups is 2. The van der Waals surface area contributed by atoms with E-state index in [1.165, 1.54) is 30.0 Å². The number of nitrogens with two attached hydrogens (primary N) is 1. The Kier molecular flexibility index (Phi) is 5.65. The molecule has 0 fully saturated rings. The van der Waals surface area contributed by atoms with Crippen LogP contribution in [-0.2, 0) is 4.79 Å². The van der Waals surface area contributed by atoms with Crippen LogP contribution in [0.5, 0.6) is 0 Å². The van der Waals surface area contributed by atoms with Crippen LogP contribution in [0.4, 0.5) is 10.8 Å². The van der Waals surface area contributed by atoms with Crippen molar-refractivity contribution in [1.29, 1.82) is 0 Å². The fraction of sp³-hybridized carbons (Fsp3) is 0.111. The highest BCUT2D eigenvalue weighted by molar-refractivity contribution is 8.02. The summed E-state index contributed by atoms with van der Waals surface area (Å²) < 4.78 is 0.615. The lowest BCUT2D eigenvalue weighted by molar-refractivity contribution is -0.115. The number of thioether (sulfide) groups is 1. The standard InChI is InChI=1S/C18H16N4O2S2/c1-11(23)13-8-5-9-14(10-13)20-16(24)15(12-6-3-2-4-7-12)25-18-22-21-17(19)26-18/h2-10,15H,1H3,(H2,19,21)(H,20,24)/t15-/m1/s1. The molecule has 1 amide bonds. The van der Waals surface area contributed by atoms with Crippen molar-refractivity contribution in [2.45, 2.75) is 16.5 Å². The summed E-state index contributed by atoms with van der Waals surface area (Å²) in [5, 5.41) is 10.5. The van der Waals surface area contributed by atoms with Crippen LogP contribution in [0, 0.1) is 0 Å². The van der Waals surface area contributed by atoms with E-state index >= 15 is 0 Å². The maximum Gasteiger partial charge on any atom is 0.242 e. The third-order valence-corrected chi connectivity index (χ3v) is 5.61. The van der Waals surface area contributed by atoms with E-state index in [2.05, 4.69) is 15.5 Å². The second-order valence-electron chi connectivity index (χ2n) is 5.44. The van der Waals surface area contributed by atoms with Crippen LogP contribution in [0.3, 0.4) is 0 Å². The number of hydrogen-bond acceptors (Lipinski definition) is 7. The zero-order valence-corrected chi connectivity index (χ0v) is 15.5. The lowest BCUT2D eigenvalue weighted by atomic mass is 10.1. The first-order valence-corrected chi connectivity index (χ1v) is 9.45. The summed E-state index contributed by atoms with van der Waals surface area (Å²) in [6.07, 6.45) is 0. The van der Waals surface area contributed by atoms with E-state index in [9.17, 15) is 9.59 Å². The van der Waals surface area contributed by atoms with Crippen molar-refractivity contribution in [3.05, 3.63) is 65.7 Å². The van der Waals surface area contributed by atoms with Crippen LogP contribution >= 0.6 is 23.1 Å². The third-order valence-electron chi connectivity index (χ3n) is 3.52. The van der Waals surface area contributed by atoms with Crippen molar-refractivity contribution in [2.75, 3.05) is 11.1 Å². The fourth-order valence-corrected chi connectivity index (χ4v) is 4.12. The molecule has 2 aromatic carbocycles. The minimum Gasteiger partial charge on any atom is -0.374 e. The smallest absolute Gasteiger partial charge is 0.242 e. The van der Waals surface area contributed by atoms with Gasteiger partial charge in [-0.25, -0.2) is 0 Å². The van der Waals surface area contributed by atoms with Crippen LogP contribution in [0.1, 0.15) is 28.1 Å². The van der Waals surface area contributed by atoms with Crippen LogP contribution in [-0.4, -0.2) is 21.9 Å². The Labute approximate surface area is 158 Å². The predicted molar refractivity (Wildman–Crippen MR) is 104 cm³/mol. The molecule has 0 spiro atoms. The Morgan fingerprint density at radius 1 is 1.12 bits per heavy atom. The quantitative estimate of drug-likeness (QED) is 0.495. The molecule has 0 bridgehead atoms. The Morgan fingerprint density at radius 3 is 2.54 bits per heavy atom. The number of rotatable bonds is 6. The normalized spacial score (nSPS) is 11.7. The molecule has 6 nitrogen and oxygen atoms in total. The first-order valence-electron chi connectivity index (χ1n) is 7.75. The second-order valence-corrected chi connectivity index (χ2v) is 7.80. The number of amides is 1. The van der Waals surface area contributed by atoms with E-state index in [1.54, 1.807) is 24.3 Å². The number of benzene rings is 2. The number of ketones is 1. The van der Waals surface area contributed by atoms with E-state index in [4.69, 9.17) is 5.73 Å². The van der Waals surface area contributed by atoms with Crippen molar-refractivity contribution < 1.29 is 9.59 Å². The number of Topliss-reactive ketones (excluding diaryl/α,β-unsaturated/α-hetero) is 1. The van der Waals surface area contributed by atoms with Crippen LogP contribution in [0.15, 0.2) is 58.9 Å². The number of nitrogen functional groups attached to an aromatic ring is 1. The molecule has 0 aliphatic carbocycles. The molecule has 1 heterocycles. The van der Waals surface area contributed by atoms with Gasteiger partial charge in [0.1, 0.15) is 5.25 Å². The minimum atomic E-state index is -0.524. The van der Waals surface area contributed by atoms with Crippen molar-refractivity contribution in [1.82, 2.24) is 10.2 Å². The number of anilines is 2. The highest BCUT2D eigenvalue weighted by Crippen LogP contribution is 2.38. The van der Waals surface area contributed by atoms with Crippen LogP contribution < -0.4 is 11.1 Å². The molecule has 0 saturated heterocycles. The summed E-state index contributed by atoms with van der Waals surface area (Å²) in [4.78, 5) is 24.5. The number of aromatic nitrogens is 2. The lowest BCUT2D eigenvalue weighted by Gasteiger charge is -2.16. The molecule has 0 unspecified atom stereocenters. The molecule has 0 radical (unpaired) electrons. The maximum absolute atomic E-state index is 12.9. The highest BCUT2D eigenvalue weighted by Gasteiger charge is 2.24. The molecule has 8 heteroatoms. The second kappa shape index (κ2) is 8.11. The SMILES string of the molecule is CC(=O)c1cccc(NC(=O)[C@H](Sc2nnc(N)s2)c2ccccc2)c1. The molecule has 0 aliphatic heterocycles. The van der Waals surface area contributed by atoms with Crippen LogP contribution in [0.25, 0.3) is 0 Å². The van der Waals surface area contributed by atoms with Crippen molar-refractivity contribution >= 4 is 45.6 Å². The molecular weight excluding hydrogens is 368 g/mol. The number of nitrogens with zero attached hydrogens (tertiary/aromatic N) is 2. The van der Waals surface area contributed by atoms with Crippen molar-refractivity contribution in [3.63, 3.8) is 0 Å². The summed E-state index contributed by atoms with van der Waals surface area (Å²) in [6, 6.07) is 16.3. The molecule has 0 aliphatic rings. The van der Waals surface area contributed by atoms with Gasteiger partial charge in [0.15, 0.2) is 10.1 Å². The van der Waals surface area contributed by atoms with Gasteiger partial charge in [-0.05, 0) is 24.6 Å². The summed E-state index contributed by atoms with van der Waals surface area (Å²) >= 11 is 2.52. The Balaban J connectivity index is 1.85. The van der Waals surface area contributed by atoms with Gasteiger partial charge in [0.05, 0.1) is 0 Å². The van der Waals surface area contributed by atoms with Gasteiger partial charge in [0.2, 0.25) is 11.0 Å². The Hall–Kier alpha value is -2.71. The number of nitrogens with one attached hydrogen (secondary N) is 1. The van der Waals surface area contributed by atoms with E-state index in [-0.39, 0.29) is 11.7 Å². The zero-order valence-electron chi connectivity index (χ0n) is 13.9. The van der Waals surface area contributed by atoms with E-state index in [1.807, 2.05) is 30.3 Å². The molecular formula is C18H16N4O2S2. The number of carbonyl (C=O) groups excluding carboxylic acids is 2. The molecule has 132 valence electrons. The first kappa shape index (κ1) is 18.1. The molecule has 1 aromatic heterocycles. The molecule has 26 heavy (non-hydrogen) atoms. The van der Waals surface area contributed by atoms with Crippen molar-refractivity contribution in [2.24, 2.45) is 0 Å². The molecule has 1 atom stereocenters. The van der Waals surface area contributed by atoms with Gasteiger partial charge < -0.3 is 11.1 Å². The van der Waals surface area contributed by atoms with E-state index < -0.39 is 5.25 Å². The average Bonchev–Trinajstić information content (AvgIpc) is 3.05. The van der Waals surface area contributed by atoms with Gasteiger partial charge in [0, 0.05) is 11.3 Å². The van der Waals surface area contributed by atoms with E-state index in [0.29, 0.717) is 20.7 Å². The third kappa shape index (κ3) is 4.47. The molecule has 3 aromatic rings. The minimum absolute atomic E-state index is 0.0561. The predicted octanol–water partition coefficient (Wildman–Crippen LogP) is 3.80. The summed E-state index contributed by atoms with van der Waals surface area (Å²) in [5.74, 6) is -0.268. The fourth-order valence-electron chi connectivity index (χ4n) is 2.29. The topological polar surface area (TPSA) is 98.0 Å². The van der Waals surface area contributed by atoms with Crippen LogP contribution in [0.2, 0.25) is 0 Å². The lowest BCUT2D eigenvalue weighted by Crippen LogP contribution is -2.19. The maximum atomic E-state index is 12.9. The monoisotopic (exact) mass is 384 g/mol. The van der Waals surface area contributed by atoms with Gasteiger partial charge in [-0.2, -0.15) is 0 Å². The molecule has 0 saturated carbocycles. The average molecular weight is 384 g/mol. The van der Waals surface area contributed by atoms with Crippen molar-refractivity contribution in [3.8, 4) is 0 Å². The summed E-state index contributed by atoms with van der Waals surface area (Å²) in [7, 11) is 0. The van der Waals surface area contributed by atoms with E-state index in [0.717, 1.165) is 5.56 Å². The Morgan fingerprint density at radius 2 is 1.88 bits per heavy atom. The van der Waals surface area contributed by atoms with Gasteiger partial charge >= 0.3 is 0 Å². The van der Waals surface area contributed by atoms with Gasteiger partial charge in [0.25, 0.3) is 0 Å². The largest absolute Gasteiger partial charge is 0.374 e.